The maximum Gasteiger partial charge on any atom is 0.310 e. The number of aliphatic carboxylic acids is 1. The molecule has 1 aliphatic carbocycles. The number of carboxylic acid groups (broad SMARTS) is 1. The fourth-order valence-electron chi connectivity index (χ4n) is 2.84. The van der Waals surface area contributed by atoms with E-state index < -0.39 is 11.4 Å². The number of thiazole rings is 1. The number of carbonyl (C=O) groups is 1. The van der Waals surface area contributed by atoms with E-state index in [0.29, 0.717) is 5.92 Å². The Morgan fingerprint density at radius 1 is 1.61 bits per heavy atom. The predicted octanol–water partition coefficient (Wildman–Crippen LogP) is 1.87. The number of rotatable bonds is 5. The second-order valence-corrected chi connectivity index (χ2v) is 6.58. The first kappa shape index (κ1) is 12.1. The summed E-state index contributed by atoms with van der Waals surface area (Å²) in [5.41, 5.74) is -0.407. The van der Waals surface area contributed by atoms with Crippen LogP contribution in [0.3, 0.4) is 0 Å². The highest BCUT2D eigenvalue weighted by molar-refractivity contribution is 7.09. The molecule has 4 nitrogen and oxygen atoms in total. The van der Waals surface area contributed by atoms with E-state index >= 15 is 0 Å². The van der Waals surface area contributed by atoms with Gasteiger partial charge in [-0.05, 0) is 31.7 Å². The lowest BCUT2D eigenvalue weighted by Crippen LogP contribution is -2.33. The summed E-state index contributed by atoms with van der Waals surface area (Å²) >= 11 is 1.72. The molecule has 1 N–H and O–H groups in total. The van der Waals surface area contributed by atoms with Crippen LogP contribution < -0.4 is 0 Å². The van der Waals surface area contributed by atoms with Crippen LogP contribution in [0, 0.1) is 11.3 Å². The number of hydrogen-bond donors (Lipinski definition) is 1. The zero-order valence-electron chi connectivity index (χ0n) is 10.3. The summed E-state index contributed by atoms with van der Waals surface area (Å²) < 4.78 is 0. The first-order valence-electron chi connectivity index (χ1n) is 6.52. The maximum atomic E-state index is 11.2. The normalized spacial score (nSPS) is 26.3. The highest BCUT2D eigenvalue weighted by atomic mass is 32.1. The largest absolute Gasteiger partial charge is 0.481 e. The smallest absolute Gasteiger partial charge is 0.310 e. The molecule has 1 atom stereocenters. The third kappa shape index (κ3) is 2.42. The zero-order chi connectivity index (χ0) is 12.6. The summed E-state index contributed by atoms with van der Waals surface area (Å²) in [4.78, 5) is 17.8. The van der Waals surface area contributed by atoms with Gasteiger partial charge in [0, 0.05) is 31.1 Å². The molecular weight excluding hydrogens is 248 g/mol. The second-order valence-electron chi connectivity index (χ2n) is 5.61. The minimum absolute atomic E-state index is 0.407. The van der Waals surface area contributed by atoms with Crippen molar-refractivity contribution < 1.29 is 9.90 Å². The van der Waals surface area contributed by atoms with Crippen LogP contribution in [0.5, 0.6) is 0 Å². The molecule has 18 heavy (non-hydrogen) atoms. The highest BCUT2D eigenvalue weighted by Crippen LogP contribution is 2.47. The van der Waals surface area contributed by atoms with Gasteiger partial charge in [-0.2, -0.15) is 0 Å². The van der Waals surface area contributed by atoms with Crippen LogP contribution in [0.15, 0.2) is 11.6 Å². The van der Waals surface area contributed by atoms with Gasteiger partial charge in [-0.15, -0.1) is 11.3 Å². The van der Waals surface area contributed by atoms with Crippen molar-refractivity contribution >= 4 is 17.3 Å². The summed E-state index contributed by atoms with van der Waals surface area (Å²) in [5.74, 6) is 0.0478. The predicted molar refractivity (Wildman–Crippen MR) is 69.7 cm³/mol. The van der Waals surface area contributed by atoms with Crippen molar-refractivity contribution in [2.24, 2.45) is 11.3 Å². The molecule has 5 heteroatoms. The van der Waals surface area contributed by atoms with Gasteiger partial charge in [0.25, 0.3) is 0 Å². The molecule has 1 unspecified atom stereocenters. The third-order valence-electron chi connectivity index (χ3n) is 4.15. The Labute approximate surface area is 111 Å². The number of nitrogens with zero attached hydrogens (tertiary/aromatic N) is 2. The fourth-order valence-corrected chi connectivity index (χ4v) is 3.57. The second kappa shape index (κ2) is 4.63. The third-order valence-corrected chi connectivity index (χ3v) is 4.95. The quantitative estimate of drug-likeness (QED) is 0.884. The molecule has 2 aliphatic rings. The molecule has 0 spiro atoms. The molecule has 1 saturated carbocycles. The van der Waals surface area contributed by atoms with Crippen LogP contribution in [-0.2, 0) is 11.2 Å². The molecule has 1 aromatic heterocycles. The molecule has 0 aromatic carbocycles. The first-order chi connectivity index (χ1) is 8.68. The van der Waals surface area contributed by atoms with E-state index in [-0.39, 0.29) is 0 Å². The fraction of sp³-hybridized carbons (Fsp3) is 0.692. The lowest BCUT2D eigenvalue weighted by Gasteiger charge is -2.20. The summed E-state index contributed by atoms with van der Waals surface area (Å²) in [5, 5.41) is 12.4. The topological polar surface area (TPSA) is 53.4 Å². The zero-order valence-corrected chi connectivity index (χ0v) is 11.2. The number of hydrogen-bond acceptors (Lipinski definition) is 4. The summed E-state index contributed by atoms with van der Waals surface area (Å²) in [6, 6.07) is 0. The molecule has 0 amide bonds. The van der Waals surface area contributed by atoms with E-state index in [1.54, 1.807) is 11.3 Å². The minimum Gasteiger partial charge on any atom is -0.481 e. The Balaban J connectivity index is 1.51. The SMILES string of the molecule is O=C(O)C1(CN2CCC(Cc3nccs3)C2)CC1. The summed E-state index contributed by atoms with van der Waals surface area (Å²) in [7, 11) is 0. The monoisotopic (exact) mass is 266 g/mol. The van der Waals surface area contributed by atoms with Gasteiger partial charge in [0.05, 0.1) is 10.4 Å². The Morgan fingerprint density at radius 3 is 3.06 bits per heavy atom. The molecule has 0 radical (unpaired) electrons. The lowest BCUT2D eigenvalue weighted by molar-refractivity contribution is -0.144. The molecule has 1 aliphatic heterocycles. The molecule has 98 valence electrons. The van der Waals surface area contributed by atoms with Crippen molar-refractivity contribution in [2.45, 2.75) is 25.7 Å². The standard InChI is InChI=1S/C13H18N2O2S/c16-12(17)13(2-3-13)9-15-5-1-10(8-15)7-11-14-4-6-18-11/h4,6,10H,1-3,5,7-9H2,(H,16,17). The van der Waals surface area contributed by atoms with E-state index in [4.69, 9.17) is 0 Å². The molecule has 3 rings (SSSR count). The van der Waals surface area contributed by atoms with Gasteiger partial charge in [-0.1, -0.05) is 0 Å². The van der Waals surface area contributed by atoms with Crippen LogP contribution in [0.4, 0.5) is 0 Å². The highest BCUT2D eigenvalue weighted by Gasteiger charge is 2.51. The van der Waals surface area contributed by atoms with Gasteiger partial charge in [-0.25, -0.2) is 4.98 Å². The minimum atomic E-state index is -0.606. The molecule has 2 heterocycles. The van der Waals surface area contributed by atoms with E-state index in [2.05, 4.69) is 9.88 Å². The van der Waals surface area contributed by atoms with E-state index in [1.165, 1.54) is 11.4 Å². The van der Waals surface area contributed by atoms with Crippen molar-refractivity contribution in [2.75, 3.05) is 19.6 Å². The summed E-state index contributed by atoms with van der Waals surface area (Å²) in [6.07, 6.45) is 5.80. The number of likely N-dealkylation sites (tertiary alicyclic amines) is 1. The van der Waals surface area contributed by atoms with Gasteiger partial charge in [0.1, 0.15) is 0 Å². The van der Waals surface area contributed by atoms with Crippen molar-refractivity contribution in [3.05, 3.63) is 16.6 Å². The van der Waals surface area contributed by atoms with Gasteiger partial charge >= 0.3 is 5.97 Å². The Morgan fingerprint density at radius 2 is 2.44 bits per heavy atom. The van der Waals surface area contributed by atoms with Crippen molar-refractivity contribution in [1.82, 2.24) is 9.88 Å². The summed E-state index contributed by atoms with van der Waals surface area (Å²) in [6.45, 7) is 2.83. The Hall–Kier alpha value is -0.940. The van der Waals surface area contributed by atoms with E-state index in [0.717, 1.165) is 38.9 Å². The lowest BCUT2D eigenvalue weighted by atomic mass is 10.1. The van der Waals surface area contributed by atoms with Gasteiger partial charge < -0.3 is 10.0 Å². The molecule has 0 bridgehead atoms. The van der Waals surface area contributed by atoms with Gasteiger partial charge in [0.2, 0.25) is 0 Å². The first-order valence-corrected chi connectivity index (χ1v) is 7.40. The van der Waals surface area contributed by atoms with Crippen LogP contribution in [0.1, 0.15) is 24.3 Å². The molecule has 2 fully saturated rings. The number of aromatic nitrogens is 1. The molecule has 1 saturated heterocycles. The number of carboxylic acids is 1. The van der Waals surface area contributed by atoms with Crippen molar-refractivity contribution in [1.29, 1.82) is 0 Å². The van der Waals surface area contributed by atoms with Crippen molar-refractivity contribution in [3.8, 4) is 0 Å². The Kier molecular flexibility index (Phi) is 3.11. The van der Waals surface area contributed by atoms with Crippen LogP contribution >= 0.6 is 11.3 Å². The average Bonchev–Trinajstić information content (AvgIpc) is 2.75. The van der Waals surface area contributed by atoms with Gasteiger partial charge in [0.15, 0.2) is 0 Å². The van der Waals surface area contributed by atoms with E-state index in [1.807, 2.05) is 11.6 Å². The van der Waals surface area contributed by atoms with Crippen LogP contribution in [-0.4, -0.2) is 40.6 Å². The van der Waals surface area contributed by atoms with Crippen LogP contribution in [0.2, 0.25) is 0 Å². The van der Waals surface area contributed by atoms with Crippen LogP contribution in [0.25, 0.3) is 0 Å². The molecule has 1 aromatic rings. The molecular formula is C13H18N2O2S. The maximum absolute atomic E-state index is 11.2. The van der Waals surface area contributed by atoms with Gasteiger partial charge in [-0.3, -0.25) is 4.79 Å². The van der Waals surface area contributed by atoms with Crippen molar-refractivity contribution in [3.63, 3.8) is 0 Å². The Bertz CT molecular complexity index is 428. The average molecular weight is 266 g/mol. The van der Waals surface area contributed by atoms with E-state index in [9.17, 15) is 9.90 Å².